The van der Waals surface area contributed by atoms with Gasteiger partial charge in [-0.25, -0.2) is 9.97 Å². The number of hydrogen-bond donors (Lipinski definition) is 1. The fourth-order valence-corrected chi connectivity index (χ4v) is 3.51. The van der Waals surface area contributed by atoms with Gasteiger partial charge in [0, 0.05) is 37.8 Å². The van der Waals surface area contributed by atoms with Crippen LogP contribution < -0.4 is 10.2 Å². The first kappa shape index (κ1) is 20.4. The van der Waals surface area contributed by atoms with Crippen LogP contribution in [0.25, 0.3) is 22.0 Å². The van der Waals surface area contributed by atoms with E-state index >= 15 is 0 Å². The van der Waals surface area contributed by atoms with Crippen molar-refractivity contribution in [1.82, 2.24) is 15.3 Å². The summed E-state index contributed by atoms with van der Waals surface area (Å²) in [7, 11) is 0. The minimum Gasteiger partial charge on any atom is -0.354 e. The van der Waals surface area contributed by atoms with Crippen molar-refractivity contribution in [1.29, 1.82) is 0 Å². The number of anilines is 1. The fraction of sp³-hybridized carbons (Fsp3) is 0.300. The molecule has 158 valence electrons. The van der Waals surface area contributed by atoms with Crippen molar-refractivity contribution in [3.05, 3.63) is 53.9 Å². The molecule has 1 aliphatic rings. The number of piperazine rings is 1. The van der Waals surface area contributed by atoms with Crippen molar-refractivity contribution in [2.45, 2.75) is 12.4 Å². The highest BCUT2D eigenvalue weighted by Crippen LogP contribution is 2.40. The van der Waals surface area contributed by atoms with Crippen molar-refractivity contribution in [3.8, 4) is 11.1 Å². The van der Waals surface area contributed by atoms with Gasteiger partial charge < -0.3 is 10.2 Å². The molecular formula is C20H16F6N4. The van der Waals surface area contributed by atoms with E-state index in [1.165, 1.54) is 24.4 Å². The minimum atomic E-state index is -4.89. The number of benzene rings is 1. The highest BCUT2D eigenvalue weighted by atomic mass is 19.4. The predicted octanol–water partition coefficient (Wildman–Crippen LogP) is 4.74. The Balaban J connectivity index is 1.94. The van der Waals surface area contributed by atoms with Crippen LogP contribution in [0, 0.1) is 0 Å². The van der Waals surface area contributed by atoms with Crippen LogP contribution in [0.15, 0.2) is 42.6 Å². The molecule has 0 aliphatic carbocycles. The molecule has 0 spiro atoms. The summed E-state index contributed by atoms with van der Waals surface area (Å²) in [6, 6.07) is 7.12. The Kier molecular flexibility index (Phi) is 5.05. The minimum absolute atomic E-state index is 0.00436. The van der Waals surface area contributed by atoms with Gasteiger partial charge in [-0.1, -0.05) is 12.1 Å². The molecule has 1 fully saturated rings. The topological polar surface area (TPSA) is 41.1 Å². The van der Waals surface area contributed by atoms with Crippen LogP contribution in [0.2, 0.25) is 0 Å². The summed E-state index contributed by atoms with van der Waals surface area (Å²) < 4.78 is 80.6. The fourth-order valence-electron chi connectivity index (χ4n) is 3.51. The largest absolute Gasteiger partial charge is 0.433 e. The molecule has 0 atom stereocenters. The number of nitrogens with one attached hydrogen (secondary N) is 1. The highest BCUT2D eigenvalue weighted by molar-refractivity contribution is 5.97. The molecule has 1 aliphatic heterocycles. The van der Waals surface area contributed by atoms with Gasteiger partial charge >= 0.3 is 12.4 Å². The van der Waals surface area contributed by atoms with E-state index in [9.17, 15) is 26.3 Å². The summed E-state index contributed by atoms with van der Waals surface area (Å²) in [6.45, 7) is 2.80. The normalized spacial score (nSPS) is 15.6. The molecular weight excluding hydrogens is 410 g/mol. The molecule has 0 unspecified atom stereocenters. The molecule has 4 nitrogen and oxygen atoms in total. The Morgan fingerprint density at radius 1 is 0.900 bits per heavy atom. The van der Waals surface area contributed by atoms with Gasteiger partial charge in [0.25, 0.3) is 0 Å². The van der Waals surface area contributed by atoms with Crippen LogP contribution in [0.4, 0.5) is 32.2 Å². The molecule has 3 aromatic rings. The lowest BCUT2D eigenvalue weighted by molar-refractivity contribution is -0.142. The van der Waals surface area contributed by atoms with Crippen LogP contribution in [0.5, 0.6) is 0 Å². The Bertz CT molecular complexity index is 1070. The number of para-hydroxylation sites is 1. The zero-order valence-corrected chi connectivity index (χ0v) is 15.5. The van der Waals surface area contributed by atoms with E-state index in [0.717, 1.165) is 25.2 Å². The van der Waals surface area contributed by atoms with Gasteiger partial charge in [0.2, 0.25) is 0 Å². The number of aromatic nitrogens is 2. The number of nitrogens with zero attached hydrogens (tertiary/aromatic N) is 3. The quantitative estimate of drug-likeness (QED) is 0.601. The van der Waals surface area contributed by atoms with Gasteiger partial charge in [-0.2, -0.15) is 26.3 Å². The molecule has 1 aromatic carbocycles. The predicted molar refractivity (Wildman–Crippen MR) is 100 cm³/mol. The smallest absolute Gasteiger partial charge is 0.354 e. The Hall–Kier alpha value is -2.88. The number of hydrogen-bond acceptors (Lipinski definition) is 4. The van der Waals surface area contributed by atoms with Crippen molar-refractivity contribution in [2.24, 2.45) is 0 Å². The zero-order chi connectivity index (χ0) is 21.5. The van der Waals surface area contributed by atoms with Gasteiger partial charge in [0.05, 0.1) is 11.1 Å². The number of pyridine rings is 2. The van der Waals surface area contributed by atoms with E-state index in [0.29, 0.717) is 24.5 Å². The second-order valence-corrected chi connectivity index (χ2v) is 6.89. The molecule has 10 heteroatoms. The molecule has 3 heterocycles. The van der Waals surface area contributed by atoms with Gasteiger partial charge in [-0.05, 0) is 35.4 Å². The first-order chi connectivity index (χ1) is 14.1. The van der Waals surface area contributed by atoms with E-state index in [4.69, 9.17) is 0 Å². The SMILES string of the molecule is FC(F)(F)c1cc(-c2ccnc(N3CCNCC3)c2)c2cccc(C(F)(F)F)c2n1. The third-order valence-corrected chi connectivity index (χ3v) is 4.93. The molecule has 0 bridgehead atoms. The molecule has 0 saturated carbocycles. The molecule has 1 saturated heterocycles. The third kappa shape index (κ3) is 3.91. The van der Waals surface area contributed by atoms with Crippen LogP contribution in [0.3, 0.4) is 0 Å². The van der Waals surface area contributed by atoms with Crippen LogP contribution in [-0.4, -0.2) is 36.1 Å². The van der Waals surface area contributed by atoms with E-state index in [1.54, 1.807) is 6.07 Å². The van der Waals surface area contributed by atoms with E-state index in [1.807, 2.05) is 4.90 Å². The van der Waals surface area contributed by atoms with Crippen molar-refractivity contribution < 1.29 is 26.3 Å². The van der Waals surface area contributed by atoms with E-state index in [-0.39, 0.29) is 10.9 Å². The maximum absolute atomic E-state index is 13.4. The summed E-state index contributed by atoms with van der Waals surface area (Å²) in [5, 5.41) is 3.19. The Labute approximate surface area is 167 Å². The van der Waals surface area contributed by atoms with Gasteiger partial charge in [-0.3, -0.25) is 0 Å². The summed E-state index contributed by atoms with van der Waals surface area (Å²) in [6.07, 6.45) is -8.28. The van der Waals surface area contributed by atoms with Crippen LogP contribution >= 0.6 is 0 Å². The van der Waals surface area contributed by atoms with Crippen LogP contribution in [-0.2, 0) is 12.4 Å². The van der Waals surface area contributed by atoms with Crippen molar-refractivity contribution in [3.63, 3.8) is 0 Å². The van der Waals surface area contributed by atoms with Gasteiger partial charge in [-0.15, -0.1) is 0 Å². The first-order valence-corrected chi connectivity index (χ1v) is 9.15. The summed E-state index contributed by atoms with van der Waals surface area (Å²) in [5.74, 6) is 0.555. The third-order valence-electron chi connectivity index (χ3n) is 4.93. The number of rotatable bonds is 2. The lowest BCUT2D eigenvalue weighted by atomic mass is 9.98. The number of fused-ring (bicyclic) bond motifs is 1. The van der Waals surface area contributed by atoms with Crippen molar-refractivity contribution >= 4 is 16.7 Å². The summed E-state index contributed by atoms with van der Waals surface area (Å²) in [4.78, 5) is 9.58. The summed E-state index contributed by atoms with van der Waals surface area (Å²) >= 11 is 0. The maximum atomic E-state index is 13.4. The molecule has 1 N–H and O–H groups in total. The Morgan fingerprint density at radius 2 is 1.63 bits per heavy atom. The molecule has 0 radical (unpaired) electrons. The van der Waals surface area contributed by atoms with Gasteiger partial charge in [0.15, 0.2) is 0 Å². The first-order valence-electron chi connectivity index (χ1n) is 9.15. The molecule has 0 amide bonds. The standard InChI is InChI=1S/C20H16F6N4/c21-19(22,23)15-3-1-2-13-14(11-16(20(24,25)26)29-18(13)15)12-4-5-28-17(10-12)30-8-6-27-7-9-30/h1-5,10-11,27H,6-9H2. The average Bonchev–Trinajstić information content (AvgIpc) is 2.72. The molecule has 2 aromatic heterocycles. The number of alkyl halides is 6. The monoisotopic (exact) mass is 426 g/mol. The molecule has 30 heavy (non-hydrogen) atoms. The second-order valence-electron chi connectivity index (χ2n) is 6.89. The van der Waals surface area contributed by atoms with Crippen LogP contribution in [0.1, 0.15) is 11.3 Å². The number of halogens is 6. The average molecular weight is 426 g/mol. The van der Waals surface area contributed by atoms with Crippen molar-refractivity contribution in [2.75, 3.05) is 31.1 Å². The summed E-state index contributed by atoms with van der Waals surface area (Å²) in [5.41, 5.74) is -2.94. The van der Waals surface area contributed by atoms with E-state index < -0.39 is 29.1 Å². The molecule has 4 rings (SSSR count). The van der Waals surface area contributed by atoms with E-state index in [2.05, 4.69) is 15.3 Å². The lowest BCUT2D eigenvalue weighted by Crippen LogP contribution is -2.43. The lowest BCUT2D eigenvalue weighted by Gasteiger charge is -2.28. The second kappa shape index (κ2) is 7.42. The van der Waals surface area contributed by atoms with Gasteiger partial charge in [0.1, 0.15) is 11.5 Å². The maximum Gasteiger partial charge on any atom is 0.433 e. The highest BCUT2D eigenvalue weighted by Gasteiger charge is 2.37. The zero-order valence-electron chi connectivity index (χ0n) is 15.5. The Morgan fingerprint density at radius 3 is 2.30 bits per heavy atom.